The molecule has 0 spiro atoms. The fraction of sp³-hybridized carbons (Fsp3) is 0.125. The summed E-state index contributed by atoms with van der Waals surface area (Å²) in [5, 5.41) is 4.13. The minimum atomic E-state index is -0.365. The van der Waals surface area contributed by atoms with Crippen molar-refractivity contribution in [3.8, 4) is 11.5 Å². The lowest BCUT2D eigenvalue weighted by atomic mass is 9.97. The van der Waals surface area contributed by atoms with E-state index in [1.54, 1.807) is 7.11 Å². The van der Waals surface area contributed by atoms with Crippen molar-refractivity contribution in [3.05, 3.63) is 84.4 Å². The van der Waals surface area contributed by atoms with Gasteiger partial charge in [-0.2, -0.15) is 0 Å². The van der Waals surface area contributed by atoms with Crippen molar-refractivity contribution in [2.24, 2.45) is 0 Å². The molecule has 0 radical (unpaired) electrons. The Balaban J connectivity index is 1.61. The summed E-state index contributed by atoms with van der Waals surface area (Å²) in [6.45, 7) is 1.87. The number of methoxy groups -OCH3 is 1. The lowest BCUT2D eigenvalue weighted by Crippen LogP contribution is -2.16. The predicted molar refractivity (Wildman–Crippen MR) is 108 cm³/mol. The van der Waals surface area contributed by atoms with Crippen LogP contribution in [0.4, 0.5) is 0 Å². The Kier molecular flexibility index (Phi) is 4.51. The molecule has 0 saturated carbocycles. The van der Waals surface area contributed by atoms with Crippen molar-refractivity contribution >= 4 is 27.5 Å². The first-order chi connectivity index (χ1) is 13.2. The van der Waals surface area contributed by atoms with Crippen LogP contribution in [0.5, 0.6) is 11.5 Å². The van der Waals surface area contributed by atoms with Gasteiger partial charge < -0.3 is 9.47 Å². The van der Waals surface area contributed by atoms with E-state index in [2.05, 4.69) is 0 Å². The lowest BCUT2D eigenvalue weighted by molar-refractivity contribution is -0.135. The Morgan fingerprint density at radius 2 is 1.56 bits per heavy atom. The molecule has 4 rings (SSSR count). The molecule has 27 heavy (non-hydrogen) atoms. The van der Waals surface area contributed by atoms with Gasteiger partial charge >= 0.3 is 5.97 Å². The maximum Gasteiger partial charge on any atom is 0.318 e. The molecule has 4 aromatic rings. The third kappa shape index (κ3) is 3.36. The third-order valence-corrected chi connectivity index (χ3v) is 4.89. The summed E-state index contributed by atoms with van der Waals surface area (Å²) in [5.74, 6) is 0.781. The van der Waals surface area contributed by atoms with E-state index in [9.17, 15) is 4.79 Å². The highest BCUT2D eigenvalue weighted by molar-refractivity contribution is 5.92. The van der Waals surface area contributed by atoms with E-state index in [-0.39, 0.29) is 11.9 Å². The summed E-state index contributed by atoms with van der Waals surface area (Å²) in [6, 6.07) is 25.5. The standard InChI is InChI=1S/C24H20O3/c1-16(18-10-11-20-15-21(26-2)13-12-19(20)14-18)24(25)27-23-9-5-7-17-6-3-4-8-22(17)23/h3-16H,1-2H3/t16-/m1/s1. The molecule has 0 heterocycles. The van der Waals surface area contributed by atoms with Gasteiger partial charge in [-0.05, 0) is 46.8 Å². The molecule has 0 unspecified atom stereocenters. The Hall–Kier alpha value is -3.33. The van der Waals surface area contributed by atoms with E-state index in [1.807, 2.05) is 85.8 Å². The molecule has 0 aromatic heterocycles. The van der Waals surface area contributed by atoms with Crippen LogP contribution >= 0.6 is 0 Å². The van der Waals surface area contributed by atoms with Gasteiger partial charge in [0.05, 0.1) is 13.0 Å². The normalized spacial score (nSPS) is 12.1. The second-order valence-corrected chi connectivity index (χ2v) is 6.59. The van der Waals surface area contributed by atoms with Crippen molar-refractivity contribution in [2.75, 3.05) is 7.11 Å². The monoisotopic (exact) mass is 356 g/mol. The number of fused-ring (bicyclic) bond motifs is 2. The van der Waals surface area contributed by atoms with Crippen LogP contribution in [0, 0.1) is 0 Å². The molecule has 0 fully saturated rings. The van der Waals surface area contributed by atoms with Crippen molar-refractivity contribution in [1.82, 2.24) is 0 Å². The predicted octanol–water partition coefficient (Wildman–Crippen LogP) is 5.71. The second kappa shape index (κ2) is 7.12. The van der Waals surface area contributed by atoms with Crippen LogP contribution < -0.4 is 9.47 Å². The SMILES string of the molecule is COc1ccc2cc([C@@H](C)C(=O)Oc3cccc4ccccc34)ccc2c1. The van der Waals surface area contributed by atoms with Crippen LogP contribution in [0.2, 0.25) is 0 Å². The summed E-state index contributed by atoms with van der Waals surface area (Å²) in [5.41, 5.74) is 0.929. The number of hydrogen-bond donors (Lipinski definition) is 0. The Labute approximate surface area is 158 Å². The fourth-order valence-corrected chi connectivity index (χ4v) is 3.26. The fourth-order valence-electron chi connectivity index (χ4n) is 3.26. The first kappa shape index (κ1) is 17.1. The van der Waals surface area contributed by atoms with Gasteiger partial charge in [0.1, 0.15) is 11.5 Å². The summed E-state index contributed by atoms with van der Waals surface area (Å²) < 4.78 is 11.0. The maximum absolute atomic E-state index is 12.8. The molecule has 3 nitrogen and oxygen atoms in total. The van der Waals surface area contributed by atoms with Gasteiger partial charge in [0.15, 0.2) is 0 Å². The van der Waals surface area contributed by atoms with Crippen LogP contribution in [-0.2, 0) is 4.79 Å². The van der Waals surface area contributed by atoms with Crippen molar-refractivity contribution in [1.29, 1.82) is 0 Å². The number of hydrogen-bond acceptors (Lipinski definition) is 3. The maximum atomic E-state index is 12.8. The average Bonchev–Trinajstić information content (AvgIpc) is 2.72. The molecular formula is C24H20O3. The molecule has 1 atom stereocenters. The van der Waals surface area contributed by atoms with Crippen molar-refractivity contribution in [2.45, 2.75) is 12.8 Å². The topological polar surface area (TPSA) is 35.5 Å². The first-order valence-electron chi connectivity index (χ1n) is 8.93. The number of rotatable bonds is 4. The summed E-state index contributed by atoms with van der Waals surface area (Å²) in [7, 11) is 1.65. The van der Waals surface area contributed by atoms with E-state index in [0.29, 0.717) is 5.75 Å². The van der Waals surface area contributed by atoms with Crippen LogP contribution in [0.15, 0.2) is 78.9 Å². The highest BCUT2D eigenvalue weighted by Gasteiger charge is 2.19. The smallest absolute Gasteiger partial charge is 0.318 e. The number of esters is 1. The lowest BCUT2D eigenvalue weighted by Gasteiger charge is -2.14. The summed E-state index contributed by atoms with van der Waals surface area (Å²) >= 11 is 0. The minimum absolute atomic E-state index is 0.265. The zero-order chi connectivity index (χ0) is 18.8. The van der Waals surface area contributed by atoms with Gasteiger partial charge in [-0.3, -0.25) is 4.79 Å². The summed E-state index contributed by atoms with van der Waals surface area (Å²) in [6.07, 6.45) is 0. The van der Waals surface area contributed by atoms with Crippen LogP contribution in [-0.4, -0.2) is 13.1 Å². The molecule has 0 aliphatic heterocycles. The molecular weight excluding hydrogens is 336 g/mol. The van der Waals surface area contributed by atoms with Gasteiger partial charge in [0.25, 0.3) is 0 Å². The zero-order valence-corrected chi connectivity index (χ0v) is 15.3. The molecule has 3 heteroatoms. The first-order valence-corrected chi connectivity index (χ1v) is 8.93. The van der Waals surface area contributed by atoms with Gasteiger partial charge in [-0.25, -0.2) is 0 Å². The molecule has 4 aromatic carbocycles. The number of carbonyl (C=O) groups is 1. The van der Waals surface area contributed by atoms with Crippen LogP contribution in [0.3, 0.4) is 0 Å². The van der Waals surface area contributed by atoms with E-state index in [0.717, 1.165) is 32.9 Å². The van der Waals surface area contributed by atoms with Gasteiger partial charge in [-0.15, -0.1) is 0 Å². The molecule has 0 bridgehead atoms. The van der Waals surface area contributed by atoms with Crippen LogP contribution in [0.25, 0.3) is 21.5 Å². The highest BCUT2D eigenvalue weighted by atomic mass is 16.5. The quantitative estimate of drug-likeness (QED) is 0.347. The zero-order valence-electron chi connectivity index (χ0n) is 15.3. The van der Waals surface area contributed by atoms with E-state index < -0.39 is 0 Å². The minimum Gasteiger partial charge on any atom is -0.497 e. The van der Waals surface area contributed by atoms with Gasteiger partial charge in [0, 0.05) is 5.39 Å². The third-order valence-electron chi connectivity index (χ3n) is 4.89. The van der Waals surface area contributed by atoms with Crippen molar-refractivity contribution < 1.29 is 14.3 Å². The highest BCUT2D eigenvalue weighted by Crippen LogP contribution is 2.29. The van der Waals surface area contributed by atoms with E-state index >= 15 is 0 Å². The van der Waals surface area contributed by atoms with Gasteiger partial charge in [-0.1, -0.05) is 60.7 Å². The summed E-state index contributed by atoms with van der Waals surface area (Å²) in [4.78, 5) is 12.8. The molecule has 0 aliphatic rings. The number of ether oxygens (including phenoxy) is 2. The second-order valence-electron chi connectivity index (χ2n) is 6.59. The molecule has 0 N–H and O–H groups in total. The Morgan fingerprint density at radius 1 is 0.815 bits per heavy atom. The van der Waals surface area contributed by atoms with Crippen LogP contribution in [0.1, 0.15) is 18.4 Å². The molecule has 0 saturated heterocycles. The van der Waals surface area contributed by atoms with E-state index in [1.165, 1.54) is 0 Å². The number of benzene rings is 4. The molecule has 134 valence electrons. The Bertz CT molecular complexity index is 1130. The number of carbonyl (C=O) groups excluding carboxylic acids is 1. The largest absolute Gasteiger partial charge is 0.497 e. The van der Waals surface area contributed by atoms with Crippen molar-refractivity contribution in [3.63, 3.8) is 0 Å². The van der Waals surface area contributed by atoms with Gasteiger partial charge in [0.2, 0.25) is 0 Å². The molecule has 0 amide bonds. The Morgan fingerprint density at radius 3 is 2.41 bits per heavy atom. The average molecular weight is 356 g/mol. The molecule has 0 aliphatic carbocycles. The van der Waals surface area contributed by atoms with E-state index in [4.69, 9.17) is 9.47 Å².